The molecule has 7 nitrogen and oxygen atoms in total. The Morgan fingerprint density at radius 2 is 1.74 bits per heavy atom. The van der Waals surface area contributed by atoms with Gasteiger partial charge in [0, 0.05) is 32.3 Å². The molecular formula is C24H40O7. The molecule has 0 saturated heterocycles. The lowest BCUT2D eigenvalue weighted by Gasteiger charge is -2.62. The molecule has 1 unspecified atom stereocenters. The Bertz CT molecular complexity index is 687. The molecule has 2 saturated carbocycles. The number of esters is 2. The second-order valence-electron chi connectivity index (χ2n) is 10.2. The van der Waals surface area contributed by atoms with E-state index in [0.29, 0.717) is 13.0 Å². The Labute approximate surface area is 186 Å². The van der Waals surface area contributed by atoms with Crippen molar-refractivity contribution in [3.63, 3.8) is 0 Å². The summed E-state index contributed by atoms with van der Waals surface area (Å²) in [6.45, 7) is 15.2. The van der Waals surface area contributed by atoms with E-state index >= 15 is 0 Å². The molecule has 0 aromatic rings. The van der Waals surface area contributed by atoms with Crippen LogP contribution in [0.4, 0.5) is 0 Å². The molecule has 0 aromatic heterocycles. The molecule has 6 atom stereocenters. The standard InChI is InChI=1S/C24H40O7/c1-9-28-17(4)31-24(8)18(11-14-29-15(2)25)23(7)13-10-12-22(5,6)20(23)19(27)21(24)30-16(3)26/h17-18,20-21H,9-14H2,1-8H3/t17?,18-,20+,21-,23-,24+/m1/s1. The van der Waals surface area contributed by atoms with Gasteiger partial charge in [0.25, 0.3) is 0 Å². The van der Waals surface area contributed by atoms with E-state index in [9.17, 15) is 14.4 Å². The van der Waals surface area contributed by atoms with E-state index in [-0.39, 0.29) is 35.6 Å². The Morgan fingerprint density at radius 3 is 2.29 bits per heavy atom. The van der Waals surface area contributed by atoms with Crippen LogP contribution < -0.4 is 0 Å². The van der Waals surface area contributed by atoms with Crippen molar-refractivity contribution < 1.29 is 33.3 Å². The minimum absolute atomic E-state index is 0.0858. The Kier molecular flexibility index (Phi) is 7.96. The van der Waals surface area contributed by atoms with Crippen LogP contribution in [-0.4, -0.2) is 48.9 Å². The molecule has 178 valence electrons. The molecule has 0 spiro atoms. The molecule has 0 amide bonds. The summed E-state index contributed by atoms with van der Waals surface area (Å²) >= 11 is 0. The first kappa shape index (κ1) is 25.8. The molecular weight excluding hydrogens is 400 g/mol. The van der Waals surface area contributed by atoms with Crippen molar-refractivity contribution in [2.24, 2.45) is 22.7 Å². The first-order valence-electron chi connectivity index (χ1n) is 11.4. The largest absolute Gasteiger partial charge is 0.466 e. The molecule has 0 N–H and O–H groups in total. The van der Waals surface area contributed by atoms with E-state index in [0.717, 1.165) is 19.3 Å². The average Bonchev–Trinajstić information content (AvgIpc) is 2.60. The van der Waals surface area contributed by atoms with Crippen LogP contribution in [0.3, 0.4) is 0 Å². The first-order chi connectivity index (χ1) is 14.3. The second-order valence-corrected chi connectivity index (χ2v) is 10.2. The van der Waals surface area contributed by atoms with Crippen LogP contribution in [0.1, 0.15) is 81.1 Å². The van der Waals surface area contributed by atoms with Gasteiger partial charge in [-0.2, -0.15) is 0 Å². The maximum Gasteiger partial charge on any atom is 0.303 e. The quantitative estimate of drug-likeness (QED) is 0.415. The molecule has 31 heavy (non-hydrogen) atoms. The van der Waals surface area contributed by atoms with E-state index in [4.69, 9.17) is 18.9 Å². The lowest BCUT2D eigenvalue weighted by Crippen LogP contribution is -2.70. The first-order valence-corrected chi connectivity index (χ1v) is 11.4. The van der Waals surface area contributed by atoms with Gasteiger partial charge in [0.2, 0.25) is 0 Å². The van der Waals surface area contributed by atoms with Crippen LogP contribution in [0.25, 0.3) is 0 Å². The third-order valence-corrected chi connectivity index (χ3v) is 7.35. The Morgan fingerprint density at radius 1 is 1.10 bits per heavy atom. The highest BCUT2D eigenvalue weighted by Gasteiger charge is 2.67. The van der Waals surface area contributed by atoms with Gasteiger partial charge in [-0.15, -0.1) is 0 Å². The molecule has 0 radical (unpaired) electrons. The minimum atomic E-state index is -1.11. The smallest absolute Gasteiger partial charge is 0.303 e. The van der Waals surface area contributed by atoms with Crippen molar-refractivity contribution in [3.05, 3.63) is 0 Å². The van der Waals surface area contributed by atoms with Crippen molar-refractivity contribution in [2.75, 3.05) is 13.2 Å². The van der Waals surface area contributed by atoms with Crippen molar-refractivity contribution in [3.8, 4) is 0 Å². The number of hydrogen-bond donors (Lipinski definition) is 0. The van der Waals surface area contributed by atoms with Gasteiger partial charge in [-0.25, -0.2) is 0 Å². The number of fused-ring (bicyclic) bond motifs is 1. The predicted molar refractivity (Wildman–Crippen MR) is 115 cm³/mol. The fourth-order valence-corrected chi connectivity index (χ4v) is 6.51. The molecule has 0 bridgehead atoms. The van der Waals surface area contributed by atoms with E-state index in [1.807, 2.05) is 13.8 Å². The van der Waals surface area contributed by atoms with Crippen LogP contribution in [0.15, 0.2) is 0 Å². The molecule has 2 aliphatic carbocycles. The van der Waals surface area contributed by atoms with Crippen LogP contribution in [0.5, 0.6) is 0 Å². The number of carbonyl (C=O) groups excluding carboxylic acids is 3. The second kappa shape index (κ2) is 9.57. The van der Waals surface area contributed by atoms with Crippen molar-refractivity contribution in [1.82, 2.24) is 0 Å². The SMILES string of the molecule is CCOC(C)O[C@]1(C)[C@H](OC(C)=O)C(=O)[C@H]2C(C)(C)CCC[C@]2(C)[C@H]1CCOC(C)=O. The van der Waals surface area contributed by atoms with Gasteiger partial charge in [-0.05, 0) is 50.9 Å². The summed E-state index contributed by atoms with van der Waals surface area (Å²) in [4.78, 5) is 37.4. The highest BCUT2D eigenvalue weighted by Crippen LogP contribution is 2.62. The fourth-order valence-electron chi connectivity index (χ4n) is 6.51. The molecule has 2 aliphatic rings. The number of carbonyl (C=O) groups is 3. The van der Waals surface area contributed by atoms with Gasteiger partial charge in [0.05, 0.1) is 6.61 Å². The summed E-state index contributed by atoms with van der Waals surface area (Å²) in [5.41, 5.74) is -1.75. The predicted octanol–water partition coefficient (Wildman–Crippen LogP) is 4.06. The van der Waals surface area contributed by atoms with E-state index in [2.05, 4.69) is 20.8 Å². The number of hydrogen-bond acceptors (Lipinski definition) is 7. The van der Waals surface area contributed by atoms with Crippen molar-refractivity contribution >= 4 is 17.7 Å². The minimum Gasteiger partial charge on any atom is -0.466 e. The van der Waals surface area contributed by atoms with Crippen LogP contribution >= 0.6 is 0 Å². The normalized spacial score (nSPS) is 35.7. The van der Waals surface area contributed by atoms with Gasteiger partial charge in [-0.1, -0.05) is 27.2 Å². The van der Waals surface area contributed by atoms with Crippen LogP contribution in [-0.2, 0) is 33.3 Å². The van der Waals surface area contributed by atoms with Crippen LogP contribution in [0, 0.1) is 22.7 Å². The Hall–Kier alpha value is -1.47. The van der Waals surface area contributed by atoms with Gasteiger partial charge < -0.3 is 18.9 Å². The van der Waals surface area contributed by atoms with Gasteiger partial charge in [-0.3, -0.25) is 14.4 Å². The monoisotopic (exact) mass is 440 g/mol. The zero-order valence-electron chi connectivity index (χ0n) is 20.4. The van der Waals surface area contributed by atoms with Gasteiger partial charge in [0.1, 0.15) is 5.60 Å². The fraction of sp³-hybridized carbons (Fsp3) is 0.875. The highest BCUT2D eigenvalue weighted by molar-refractivity contribution is 5.91. The van der Waals surface area contributed by atoms with E-state index in [1.54, 1.807) is 6.92 Å². The van der Waals surface area contributed by atoms with E-state index in [1.165, 1.54) is 13.8 Å². The zero-order chi connectivity index (χ0) is 23.6. The van der Waals surface area contributed by atoms with Gasteiger partial charge in [0.15, 0.2) is 18.2 Å². The third kappa shape index (κ3) is 5.14. The number of rotatable bonds is 8. The number of Topliss-reactive ketones (excluding diaryl/α,β-unsaturated/α-hetero) is 1. The highest BCUT2D eigenvalue weighted by atomic mass is 16.7. The average molecular weight is 441 g/mol. The lowest BCUT2D eigenvalue weighted by atomic mass is 9.44. The lowest BCUT2D eigenvalue weighted by molar-refractivity contribution is -0.281. The maximum atomic E-state index is 13.9. The van der Waals surface area contributed by atoms with Crippen molar-refractivity contribution in [2.45, 2.75) is 99.1 Å². The summed E-state index contributed by atoms with van der Waals surface area (Å²) in [6.07, 6.45) is 1.64. The Balaban J connectivity index is 2.60. The molecule has 0 aromatic carbocycles. The summed E-state index contributed by atoms with van der Waals surface area (Å²) in [5, 5.41) is 0. The summed E-state index contributed by atoms with van der Waals surface area (Å²) in [5.74, 6) is -1.43. The van der Waals surface area contributed by atoms with Crippen molar-refractivity contribution in [1.29, 1.82) is 0 Å². The topological polar surface area (TPSA) is 88.1 Å². The van der Waals surface area contributed by atoms with E-state index < -0.39 is 29.4 Å². The third-order valence-electron chi connectivity index (χ3n) is 7.35. The molecule has 2 rings (SSSR count). The molecule has 0 heterocycles. The summed E-state index contributed by atoms with van der Waals surface area (Å²) in [7, 11) is 0. The van der Waals surface area contributed by atoms with Gasteiger partial charge >= 0.3 is 11.9 Å². The maximum absolute atomic E-state index is 13.9. The molecule has 0 aliphatic heterocycles. The number of ether oxygens (including phenoxy) is 4. The molecule has 2 fully saturated rings. The summed E-state index contributed by atoms with van der Waals surface area (Å²) in [6, 6.07) is 0. The zero-order valence-corrected chi connectivity index (χ0v) is 20.4. The molecule has 7 heteroatoms. The van der Waals surface area contributed by atoms with Crippen LogP contribution in [0.2, 0.25) is 0 Å². The number of ketones is 1. The summed E-state index contributed by atoms with van der Waals surface area (Å²) < 4.78 is 23.0.